The average molecular weight is 282 g/mol. The number of nitrogens with zero attached hydrogens (tertiary/aromatic N) is 1. The Labute approximate surface area is 89.7 Å². The fraction of sp³-hybridized carbons (Fsp3) is 0.125. The number of aromatic nitrogens is 1. The van der Waals surface area contributed by atoms with Crippen molar-refractivity contribution in [1.29, 1.82) is 0 Å². The van der Waals surface area contributed by atoms with Gasteiger partial charge in [0, 0.05) is 4.47 Å². The second kappa shape index (κ2) is 3.20. The molecule has 14 heavy (non-hydrogen) atoms. The first-order valence-electron chi connectivity index (χ1n) is 3.60. The molecule has 1 aromatic heterocycles. The smallest absolute Gasteiger partial charge is 0.232 e. The van der Waals surface area contributed by atoms with E-state index in [1.54, 1.807) is 18.2 Å². The van der Waals surface area contributed by atoms with Crippen molar-refractivity contribution in [3.63, 3.8) is 0 Å². The lowest BCUT2D eigenvalue weighted by Crippen LogP contribution is -2.03. The molecule has 0 aliphatic rings. The molecule has 0 unspecified atom stereocenters. The molecule has 0 bridgehead atoms. The number of benzene rings is 1. The summed E-state index contributed by atoms with van der Waals surface area (Å²) in [5.41, 5.74) is 0.372. The Balaban J connectivity index is 2.63. The summed E-state index contributed by atoms with van der Waals surface area (Å²) in [5.74, 6) is 0. The molecule has 0 atom stereocenters. The molecule has 0 fully saturated rings. The van der Waals surface area contributed by atoms with E-state index in [2.05, 4.69) is 20.9 Å². The van der Waals surface area contributed by atoms with Crippen molar-refractivity contribution in [1.82, 2.24) is 4.98 Å². The first-order valence-corrected chi connectivity index (χ1v) is 5.21. The van der Waals surface area contributed by atoms with Crippen LogP contribution in [0.25, 0.3) is 10.2 Å². The highest BCUT2D eigenvalue weighted by Crippen LogP contribution is 2.35. The number of halogens is 4. The fourth-order valence-corrected chi connectivity index (χ4v) is 2.18. The SMILES string of the molecule is FC(F)(F)c1nc2cc(Br)ccc2s1. The minimum absolute atomic E-state index is 0.372. The van der Waals surface area contributed by atoms with Gasteiger partial charge in [-0.1, -0.05) is 15.9 Å². The average Bonchev–Trinajstić information content (AvgIpc) is 2.45. The summed E-state index contributed by atoms with van der Waals surface area (Å²) < 4.78 is 38.1. The molecular formula is C8H3BrF3NS. The largest absolute Gasteiger partial charge is 0.443 e. The maximum atomic E-state index is 12.3. The molecule has 2 rings (SSSR count). The van der Waals surface area contributed by atoms with Crippen molar-refractivity contribution in [3.05, 3.63) is 27.7 Å². The molecule has 1 heterocycles. The van der Waals surface area contributed by atoms with Crippen molar-refractivity contribution in [2.24, 2.45) is 0 Å². The summed E-state index contributed by atoms with van der Waals surface area (Å²) in [7, 11) is 0. The van der Waals surface area contributed by atoms with Crippen LogP contribution in [0.15, 0.2) is 22.7 Å². The predicted octanol–water partition coefficient (Wildman–Crippen LogP) is 4.08. The van der Waals surface area contributed by atoms with Crippen molar-refractivity contribution in [2.45, 2.75) is 6.18 Å². The van der Waals surface area contributed by atoms with Crippen LogP contribution in [-0.4, -0.2) is 4.98 Å². The lowest BCUT2D eigenvalue weighted by molar-refractivity contribution is -0.137. The van der Waals surface area contributed by atoms with Crippen LogP contribution in [0.4, 0.5) is 13.2 Å². The molecule has 74 valence electrons. The van der Waals surface area contributed by atoms with Crippen LogP contribution in [-0.2, 0) is 6.18 Å². The van der Waals surface area contributed by atoms with Gasteiger partial charge in [-0.05, 0) is 18.2 Å². The Bertz CT molecular complexity index is 477. The molecular weight excluding hydrogens is 279 g/mol. The Hall–Kier alpha value is -0.620. The zero-order valence-electron chi connectivity index (χ0n) is 6.60. The lowest BCUT2D eigenvalue weighted by atomic mass is 10.3. The first-order chi connectivity index (χ1) is 6.47. The molecule has 0 radical (unpaired) electrons. The van der Waals surface area contributed by atoms with Crippen LogP contribution in [0.2, 0.25) is 0 Å². The number of fused-ring (bicyclic) bond motifs is 1. The summed E-state index contributed by atoms with van der Waals surface area (Å²) in [6, 6.07) is 4.88. The minimum atomic E-state index is -4.35. The summed E-state index contributed by atoms with van der Waals surface area (Å²) >= 11 is 3.83. The summed E-state index contributed by atoms with van der Waals surface area (Å²) in [6.07, 6.45) is -4.35. The van der Waals surface area contributed by atoms with E-state index in [9.17, 15) is 13.2 Å². The van der Waals surface area contributed by atoms with Gasteiger partial charge < -0.3 is 0 Å². The molecule has 1 aromatic carbocycles. The Morgan fingerprint density at radius 2 is 2.00 bits per heavy atom. The molecule has 6 heteroatoms. The molecule has 0 N–H and O–H groups in total. The fourth-order valence-electron chi connectivity index (χ4n) is 1.02. The zero-order valence-corrected chi connectivity index (χ0v) is 9.00. The maximum Gasteiger partial charge on any atom is 0.443 e. The van der Waals surface area contributed by atoms with E-state index in [1.807, 2.05) is 0 Å². The topological polar surface area (TPSA) is 12.9 Å². The van der Waals surface area contributed by atoms with Crippen molar-refractivity contribution < 1.29 is 13.2 Å². The summed E-state index contributed by atoms with van der Waals surface area (Å²) in [4.78, 5) is 3.51. The van der Waals surface area contributed by atoms with Gasteiger partial charge in [0.25, 0.3) is 0 Å². The van der Waals surface area contributed by atoms with Gasteiger partial charge in [0.2, 0.25) is 0 Å². The first kappa shape index (κ1) is 9.92. The highest BCUT2D eigenvalue weighted by Gasteiger charge is 2.34. The van der Waals surface area contributed by atoms with E-state index in [-0.39, 0.29) is 0 Å². The Kier molecular flexibility index (Phi) is 2.27. The molecule has 0 aliphatic carbocycles. The molecule has 0 amide bonds. The Morgan fingerprint density at radius 3 is 2.64 bits per heavy atom. The third kappa shape index (κ3) is 1.76. The number of hydrogen-bond acceptors (Lipinski definition) is 2. The van der Waals surface area contributed by atoms with Gasteiger partial charge in [0.15, 0.2) is 5.01 Å². The lowest BCUT2D eigenvalue weighted by Gasteiger charge is -1.98. The van der Waals surface area contributed by atoms with Crippen LogP contribution in [0.3, 0.4) is 0 Å². The van der Waals surface area contributed by atoms with Crippen LogP contribution in [0.5, 0.6) is 0 Å². The van der Waals surface area contributed by atoms with Gasteiger partial charge in [-0.15, -0.1) is 11.3 Å². The number of thiazole rings is 1. The van der Waals surface area contributed by atoms with Gasteiger partial charge in [0.1, 0.15) is 0 Å². The van der Waals surface area contributed by atoms with Crippen LogP contribution in [0, 0.1) is 0 Å². The molecule has 0 spiro atoms. The maximum absolute atomic E-state index is 12.3. The van der Waals surface area contributed by atoms with Crippen molar-refractivity contribution in [3.8, 4) is 0 Å². The van der Waals surface area contributed by atoms with Crippen molar-refractivity contribution in [2.75, 3.05) is 0 Å². The molecule has 0 aliphatic heterocycles. The van der Waals surface area contributed by atoms with E-state index in [4.69, 9.17) is 0 Å². The number of rotatable bonds is 0. The van der Waals surface area contributed by atoms with E-state index in [0.717, 1.165) is 4.47 Å². The number of hydrogen-bond donors (Lipinski definition) is 0. The van der Waals surface area contributed by atoms with E-state index in [0.29, 0.717) is 21.6 Å². The highest BCUT2D eigenvalue weighted by atomic mass is 79.9. The van der Waals surface area contributed by atoms with Gasteiger partial charge in [-0.2, -0.15) is 13.2 Å². The minimum Gasteiger partial charge on any atom is -0.232 e. The predicted molar refractivity (Wildman–Crippen MR) is 52.3 cm³/mol. The monoisotopic (exact) mass is 281 g/mol. The molecule has 1 nitrogen and oxygen atoms in total. The molecule has 0 saturated carbocycles. The van der Waals surface area contributed by atoms with Crippen LogP contribution < -0.4 is 0 Å². The normalized spacial score (nSPS) is 12.3. The molecule has 2 aromatic rings. The molecule has 0 saturated heterocycles. The summed E-state index contributed by atoms with van der Waals surface area (Å²) in [6.45, 7) is 0. The van der Waals surface area contributed by atoms with E-state index < -0.39 is 11.2 Å². The van der Waals surface area contributed by atoms with Gasteiger partial charge in [-0.3, -0.25) is 0 Å². The standard InChI is InChI=1S/C8H3BrF3NS/c9-4-1-2-6-5(3-4)13-7(14-6)8(10,11)12/h1-3H. The van der Waals surface area contributed by atoms with Gasteiger partial charge in [-0.25, -0.2) is 4.98 Å². The zero-order chi connectivity index (χ0) is 10.3. The highest BCUT2D eigenvalue weighted by molar-refractivity contribution is 9.10. The van der Waals surface area contributed by atoms with Crippen LogP contribution in [0.1, 0.15) is 5.01 Å². The van der Waals surface area contributed by atoms with Gasteiger partial charge >= 0.3 is 6.18 Å². The summed E-state index contributed by atoms with van der Waals surface area (Å²) in [5, 5.41) is -0.800. The van der Waals surface area contributed by atoms with Gasteiger partial charge in [0.05, 0.1) is 10.2 Å². The number of alkyl halides is 3. The van der Waals surface area contributed by atoms with Crippen LogP contribution >= 0.6 is 27.3 Å². The quantitative estimate of drug-likeness (QED) is 0.709. The van der Waals surface area contributed by atoms with E-state index >= 15 is 0 Å². The second-order valence-electron chi connectivity index (χ2n) is 2.63. The third-order valence-corrected chi connectivity index (χ3v) is 3.17. The van der Waals surface area contributed by atoms with E-state index in [1.165, 1.54) is 0 Å². The second-order valence-corrected chi connectivity index (χ2v) is 4.58. The van der Waals surface area contributed by atoms with Crippen molar-refractivity contribution >= 4 is 37.5 Å². The third-order valence-electron chi connectivity index (χ3n) is 1.59. The Morgan fingerprint density at radius 1 is 1.29 bits per heavy atom.